The maximum Gasteiger partial charge on any atom is 0.258 e. The number of amides is 1. The molecule has 132 valence electrons. The number of benzene rings is 2. The number of hydrogen-bond acceptors (Lipinski definition) is 4. The fraction of sp³-hybridized carbons (Fsp3) is 0.105. The lowest BCUT2D eigenvalue weighted by atomic mass is 10.2. The molecule has 0 aliphatic rings. The summed E-state index contributed by atoms with van der Waals surface area (Å²) in [6, 6.07) is 11.4. The summed E-state index contributed by atoms with van der Waals surface area (Å²) in [4.78, 5) is 20.5. The van der Waals surface area contributed by atoms with E-state index in [-0.39, 0.29) is 11.7 Å². The number of nitrogens with one attached hydrogen (secondary N) is 2. The van der Waals surface area contributed by atoms with E-state index < -0.39 is 0 Å². The molecule has 0 saturated heterocycles. The van der Waals surface area contributed by atoms with Gasteiger partial charge in [-0.3, -0.25) is 4.79 Å². The molecule has 0 aliphatic heterocycles. The van der Waals surface area contributed by atoms with Crippen molar-refractivity contribution < 1.29 is 9.18 Å². The predicted octanol–water partition coefficient (Wildman–Crippen LogP) is 4.44. The zero-order valence-electron chi connectivity index (χ0n) is 14.0. The van der Waals surface area contributed by atoms with Crippen molar-refractivity contribution in [2.75, 3.05) is 10.6 Å². The molecular formula is C19H16ClFN4O. The quantitative estimate of drug-likeness (QED) is 0.696. The molecule has 1 heterocycles. The van der Waals surface area contributed by atoms with Crippen molar-refractivity contribution in [3.63, 3.8) is 0 Å². The number of aryl methyl sites for hydroxylation is 1. The Morgan fingerprint density at radius 2 is 1.81 bits per heavy atom. The molecule has 2 N–H and O–H groups in total. The second-order valence-electron chi connectivity index (χ2n) is 5.69. The monoisotopic (exact) mass is 370 g/mol. The maximum absolute atomic E-state index is 12.9. The Morgan fingerprint density at radius 3 is 2.46 bits per heavy atom. The van der Waals surface area contributed by atoms with Crippen LogP contribution >= 0.6 is 11.6 Å². The zero-order chi connectivity index (χ0) is 18.5. The van der Waals surface area contributed by atoms with Crippen LogP contribution in [-0.2, 0) is 6.54 Å². The van der Waals surface area contributed by atoms with Crippen LogP contribution in [0.25, 0.3) is 0 Å². The first-order valence-electron chi connectivity index (χ1n) is 7.89. The highest BCUT2D eigenvalue weighted by Gasteiger charge is 2.08. The largest absolute Gasteiger partial charge is 0.350 e. The van der Waals surface area contributed by atoms with Gasteiger partial charge >= 0.3 is 0 Å². The standard InChI is InChI=1S/C19H16ClFN4O/c1-12-2-7-16(8-17(12)20)25-18(26)14-10-23-19(24-11-14)22-9-13-3-5-15(21)6-4-13/h2-8,10-11H,9H2,1H3,(H,25,26)(H,22,23,24). The Kier molecular flexibility index (Phi) is 5.43. The summed E-state index contributed by atoms with van der Waals surface area (Å²) < 4.78 is 12.9. The number of nitrogens with zero attached hydrogens (tertiary/aromatic N) is 2. The minimum Gasteiger partial charge on any atom is -0.350 e. The summed E-state index contributed by atoms with van der Waals surface area (Å²) in [5, 5.41) is 6.35. The van der Waals surface area contributed by atoms with Crippen molar-refractivity contribution in [2.24, 2.45) is 0 Å². The van der Waals surface area contributed by atoms with Gasteiger partial charge in [0.2, 0.25) is 5.95 Å². The highest BCUT2D eigenvalue weighted by molar-refractivity contribution is 6.31. The maximum atomic E-state index is 12.9. The lowest BCUT2D eigenvalue weighted by molar-refractivity contribution is 0.102. The lowest BCUT2D eigenvalue weighted by Gasteiger charge is -2.08. The highest BCUT2D eigenvalue weighted by atomic mass is 35.5. The normalized spacial score (nSPS) is 10.4. The Morgan fingerprint density at radius 1 is 1.12 bits per heavy atom. The fourth-order valence-corrected chi connectivity index (χ4v) is 2.37. The van der Waals surface area contributed by atoms with E-state index in [2.05, 4.69) is 20.6 Å². The van der Waals surface area contributed by atoms with E-state index in [4.69, 9.17) is 11.6 Å². The SMILES string of the molecule is Cc1ccc(NC(=O)c2cnc(NCc3ccc(F)cc3)nc2)cc1Cl. The summed E-state index contributed by atoms with van der Waals surface area (Å²) in [6.07, 6.45) is 2.87. The van der Waals surface area contributed by atoms with Crippen molar-refractivity contribution in [3.05, 3.63) is 82.4 Å². The number of aromatic nitrogens is 2. The molecule has 0 unspecified atom stereocenters. The van der Waals surface area contributed by atoms with Gasteiger partial charge in [0, 0.05) is 29.6 Å². The fourth-order valence-electron chi connectivity index (χ4n) is 2.19. The summed E-state index contributed by atoms with van der Waals surface area (Å²) in [6.45, 7) is 2.34. The molecular weight excluding hydrogens is 355 g/mol. The molecule has 0 saturated carbocycles. The van der Waals surface area contributed by atoms with Crippen LogP contribution in [0, 0.1) is 12.7 Å². The van der Waals surface area contributed by atoms with Crippen molar-refractivity contribution in [3.8, 4) is 0 Å². The average molecular weight is 371 g/mol. The summed E-state index contributed by atoms with van der Waals surface area (Å²) >= 11 is 6.05. The van der Waals surface area contributed by atoms with Gasteiger partial charge in [-0.2, -0.15) is 0 Å². The number of carbonyl (C=O) groups excluding carboxylic acids is 1. The Labute approximate surface area is 155 Å². The first-order chi connectivity index (χ1) is 12.5. The first-order valence-corrected chi connectivity index (χ1v) is 8.27. The molecule has 0 aliphatic carbocycles. The van der Waals surface area contributed by atoms with Crippen LogP contribution in [0.2, 0.25) is 5.02 Å². The van der Waals surface area contributed by atoms with Gasteiger partial charge in [-0.15, -0.1) is 0 Å². The lowest BCUT2D eigenvalue weighted by Crippen LogP contribution is -2.13. The topological polar surface area (TPSA) is 66.9 Å². The van der Waals surface area contributed by atoms with Crippen molar-refractivity contribution in [1.82, 2.24) is 9.97 Å². The molecule has 1 aromatic heterocycles. The van der Waals surface area contributed by atoms with E-state index in [9.17, 15) is 9.18 Å². The van der Waals surface area contributed by atoms with Crippen molar-refractivity contribution in [1.29, 1.82) is 0 Å². The molecule has 0 fully saturated rings. The van der Waals surface area contributed by atoms with Gasteiger partial charge in [0.25, 0.3) is 5.91 Å². The molecule has 1 amide bonds. The summed E-state index contributed by atoms with van der Waals surface area (Å²) in [5.41, 5.74) is 2.76. The Balaban J connectivity index is 1.60. The smallest absolute Gasteiger partial charge is 0.258 e. The number of rotatable bonds is 5. The molecule has 3 rings (SSSR count). The minimum absolute atomic E-state index is 0.282. The summed E-state index contributed by atoms with van der Waals surface area (Å²) in [5.74, 6) is -0.227. The molecule has 0 spiro atoms. The van der Waals surface area contributed by atoms with E-state index in [1.165, 1.54) is 24.5 Å². The van der Waals surface area contributed by atoms with Crippen LogP contribution in [-0.4, -0.2) is 15.9 Å². The van der Waals surface area contributed by atoms with Crippen LogP contribution < -0.4 is 10.6 Å². The van der Waals surface area contributed by atoms with Gasteiger partial charge in [0.15, 0.2) is 0 Å². The predicted molar refractivity (Wildman–Crippen MR) is 99.9 cm³/mol. The number of halogens is 2. The number of hydrogen-bond donors (Lipinski definition) is 2. The molecule has 3 aromatic rings. The minimum atomic E-state index is -0.324. The Bertz CT molecular complexity index is 914. The van der Waals surface area contributed by atoms with Crippen LogP contribution in [0.1, 0.15) is 21.5 Å². The van der Waals surface area contributed by atoms with E-state index >= 15 is 0 Å². The van der Waals surface area contributed by atoms with E-state index in [0.717, 1.165) is 11.1 Å². The summed E-state index contributed by atoms with van der Waals surface area (Å²) in [7, 11) is 0. The third-order valence-electron chi connectivity index (χ3n) is 3.71. The molecule has 2 aromatic carbocycles. The second kappa shape index (κ2) is 7.93. The van der Waals surface area contributed by atoms with E-state index in [0.29, 0.717) is 28.8 Å². The number of carbonyl (C=O) groups is 1. The third-order valence-corrected chi connectivity index (χ3v) is 4.11. The van der Waals surface area contributed by atoms with Crippen LogP contribution in [0.5, 0.6) is 0 Å². The molecule has 0 radical (unpaired) electrons. The molecule has 0 bridgehead atoms. The van der Waals surface area contributed by atoms with E-state index in [1.807, 2.05) is 13.0 Å². The van der Waals surface area contributed by atoms with Gasteiger partial charge in [-0.1, -0.05) is 29.8 Å². The molecule has 5 nitrogen and oxygen atoms in total. The van der Waals surface area contributed by atoms with Crippen molar-refractivity contribution in [2.45, 2.75) is 13.5 Å². The van der Waals surface area contributed by atoms with Crippen LogP contribution in [0.4, 0.5) is 16.0 Å². The Hall–Kier alpha value is -2.99. The second-order valence-corrected chi connectivity index (χ2v) is 6.10. The van der Waals surface area contributed by atoms with Gasteiger partial charge in [-0.05, 0) is 42.3 Å². The molecule has 26 heavy (non-hydrogen) atoms. The third kappa shape index (κ3) is 4.55. The number of anilines is 2. The van der Waals surface area contributed by atoms with Gasteiger partial charge in [0.05, 0.1) is 5.56 Å². The van der Waals surface area contributed by atoms with Gasteiger partial charge < -0.3 is 10.6 Å². The van der Waals surface area contributed by atoms with Crippen LogP contribution in [0.3, 0.4) is 0 Å². The van der Waals surface area contributed by atoms with Crippen molar-refractivity contribution >= 4 is 29.1 Å². The van der Waals surface area contributed by atoms with Crippen LogP contribution in [0.15, 0.2) is 54.9 Å². The first kappa shape index (κ1) is 17.8. The average Bonchev–Trinajstić information content (AvgIpc) is 2.65. The molecule has 0 atom stereocenters. The van der Waals surface area contributed by atoms with Gasteiger partial charge in [-0.25, -0.2) is 14.4 Å². The highest BCUT2D eigenvalue weighted by Crippen LogP contribution is 2.20. The zero-order valence-corrected chi connectivity index (χ0v) is 14.7. The van der Waals surface area contributed by atoms with Gasteiger partial charge in [0.1, 0.15) is 5.82 Å². The molecule has 7 heteroatoms. The van der Waals surface area contributed by atoms with E-state index in [1.54, 1.807) is 24.3 Å².